The SMILES string of the molecule is Cc1ccc(NC(=O)[C@@H](C)Sc2nc(N)cc(N)n2)cc1. The van der Waals surface area contributed by atoms with Crippen LogP contribution in [0.2, 0.25) is 0 Å². The Bertz CT molecular complexity index is 624. The molecule has 110 valence electrons. The van der Waals surface area contributed by atoms with E-state index in [4.69, 9.17) is 11.5 Å². The molecule has 1 heterocycles. The molecule has 1 atom stereocenters. The molecule has 0 saturated carbocycles. The Morgan fingerprint density at radius 1 is 1.19 bits per heavy atom. The predicted octanol–water partition coefficient (Wildman–Crippen LogP) is 2.07. The minimum Gasteiger partial charge on any atom is -0.383 e. The third-order valence-electron chi connectivity index (χ3n) is 2.72. The van der Waals surface area contributed by atoms with Gasteiger partial charge in [-0.25, -0.2) is 9.97 Å². The van der Waals surface area contributed by atoms with E-state index in [1.165, 1.54) is 17.8 Å². The highest BCUT2D eigenvalue weighted by atomic mass is 32.2. The summed E-state index contributed by atoms with van der Waals surface area (Å²) >= 11 is 1.21. The molecule has 6 nitrogen and oxygen atoms in total. The molecule has 1 aromatic carbocycles. The largest absolute Gasteiger partial charge is 0.383 e. The molecule has 0 unspecified atom stereocenters. The van der Waals surface area contributed by atoms with Gasteiger partial charge in [0.05, 0.1) is 5.25 Å². The van der Waals surface area contributed by atoms with Crippen molar-refractivity contribution in [3.05, 3.63) is 35.9 Å². The third kappa shape index (κ3) is 4.35. The Kier molecular flexibility index (Phi) is 4.64. The zero-order valence-corrected chi connectivity index (χ0v) is 12.6. The Morgan fingerprint density at radius 2 is 1.76 bits per heavy atom. The van der Waals surface area contributed by atoms with Crippen LogP contribution >= 0.6 is 11.8 Å². The summed E-state index contributed by atoms with van der Waals surface area (Å²) in [7, 11) is 0. The number of carbonyl (C=O) groups is 1. The van der Waals surface area contributed by atoms with E-state index < -0.39 is 0 Å². The highest BCUT2D eigenvalue weighted by molar-refractivity contribution is 8.00. The number of hydrogen-bond acceptors (Lipinski definition) is 6. The molecular weight excluding hydrogens is 286 g/mol. The van der Waals surface area contributed by atoms with Crippen molar-refractivity contribution in [1.29, 1.82) is 0 Å². The lowest BCUT2D eigenvalue weighted by Crippen LogP contribution is -2.22. The standard InChI is InChI=1S/C14H17N5OS/c1-8-3-5-10(6-4-8)17-13(20)9(2)21-14-18-11(15)7-12(16)19-14/h3-7,9H,1-2H3,(H,17,20)(H4,15,16,18,19)/t9-/m1/s1. The molecule has 1 amide bonds. The van der Waals surface area contributed by atoms with Gasteiger partial charge in [-0.3, -0.25) is 4.79 Å². The van der Waals surface area contributed by atoms with Crippen molar-refractivity contribution in [1.82, 2.24) is 9.97 Å². The number of nitrogens with zero attached hydrogens (tertiary/aromatic N) is 2. The third-order valence-corrected chi connectivity index (χ3v) is 3.68. The lowest BCUT2D eigenvalue weighted by Gasteiger charge is -2.11. The maximum Gasteiger partial charge on any atom is 0.237 e. The van der Waals surface area contributed by atoms with E-state index in [-0.39, 0.29) is 22.8 Å². The average molecular weight is 303 g/mol. The molecule has 0 aliphatic carbocycles. The second kappa shape index (κ2) is 6.45. The van der Waals surface area contributed by atoms with Crippen molar-refractivity contribution in [2.75, 3.05) is 16.8 Å². The van der Waals surface area contributed by atoms with Crippen molar-refractivity contribution < 1.29 is 4.79 Å². The van der Waals surface area contributed by atoms with E-state index in [9.17, 15) is 4.79 Å². The smallest absolute Gasteiger partial charge is 0.237 e. The molecule has 0 aliphatic rings. The number of carbonyl (C=O) groups excluding carboxylic acids is 1. The summed E-state index contributed by atoms with van der Waals surface area (Å²) < 4.78 is 0. The number of aromatic nitrogens is 2. The summed E-state index contributed by atoms with van der Waals surface area (Å²) in [5, 5.41) is 2.86. The number of rotatable bonds is 4. The fourth-order valence-corrected chi connectivity index (χ4v) is 2.41. The number of amides is 1. The van der Waals surface area contributed by atoms with Gasteiger partial charge in [-0.15, -0.1) is 0 Å². The first kappa shape index (κ1) is 15.1. The highest BCUT2D eigenvalue weighted by Gasteiger charge is 2.16. The summed E-state index contributed by atoms with van der Waals surface area (Å²) in [6, 6.07) is 9.07. The van der Waals surface area contributed by atoms with Crippen LogP contribution in [-0.4, -0.2) is 21.1 Å². The van der Waals surface area contributed by atoms with Crippen LogP contribution in [-0.2, 0) is 4.79 Å². The summed E-state index contributed by atoms with van der Waals surface area (Å²) in [5.74, 6) is 0.445. The highest BCUT2D eigenvalue weighted by Crippen LogP contribution is 2.22. The molecule has 2 aromatic rings. The van der Waals surface area contributed by atoms with Gasteiger partial charge in [0.1, 0.15) is 11.6 Å². The van der Waals surface area contributed by atoms with Crippen LogP contribution in [0.5, 0.6) is 0 Å². The number of thioether (sulfide) groups is 1. The fraction of sp³-hybridized carbons (Fsp3) is 0.214. The molecule has 1 aromatic heterocycles. The lowest BCUT2D eigenvalue weighted by atomic mass is 10.2. The Labute approximate surface area is 127 Å². The van der Waals surface area contributed by atoms with E-state index in [0.717, 1.165) is 11.3 Å². The molecule has 0 aliphatic heterocycles. The van der Waals surface area contributed by atoms with Gasteiger partial charge >= 0.3 is 0 Å². The van der Waals surface area contributed by atoms with Crippen LogP contribution in [0.4, 0.5) is 17.3 Å². The van der Waals surface area contributed by atoms with E-state index in [1.54, 1.807) is 6.92 Å². The maximum atomic E-state index is 12.1. The number of benzene rings is 1. The minimum absolute atomic E-state index is 0.131. The first-order chi connectivity index (χ1) is 9.94. The Hall–Kier alpha value is -2.28. The molecule has 7 heteroatoms. The van der Waals surface area contributed by atoms with Crippen molar-refractivity contribution in [3.8, 4) is 0 Å². The summed E-state index contributed by atoms with van der Waals surface area (Å²) in [6.45, 7) is 3.77. The van der Waals surface area contributed by atoms with E-state index >= 15 is 0 Å². The zero-order chi connectivity index (χ0) is 15.4. The van der Waals surface area contributed by atoms with Crippen LogP contribution in [0, 0.1) is 6.92 Å². The van der Waals surface area contributed by atoms with E-state index in [0.29, 0.717) is 5.16 Å². The first-order valence-corrected chi connectivity index (χ1v) is 7.26. The van der Waals surface area contributed by atoms with Crippen LogP contribution in [0.25, 0.3) is 0 Å². The maximum absolute atomic E-state index is 12.1. The monoisotopic (exact) mass is 303 g/mol. The molecule has 0 bridgehead atoms. The molecule has 0 radical (unpaired) electrons. The zero-order valence-electron chi connectivity index (χ0n) is 11.8. The average Bonchev–Trinajstić information content (AvgIpc) is 2.40. The van der Waals surface area contributed by atoms with Gasteiger partial charge in [-0.1, -0.05) is 29.5 Å². The van der Waals surface area contributed by atoms with Gasteiger partial charge in [0, 0.05) is 11.8 Å². The second-order valence-electron chi connectivity index (χ2n) is 4.62. The molecule has 5 N–H and O–H groups in total. The molecule has 2 rings (SSSR count). The molecular formula is C14H17N5OS. The van der Waals surface area contributed by atoms with Crippen molar-refractivity contribution in [3.63, 3.8) is 0 Å². The predicted molar refractivity (Wildman–Crippen MR) is 86.0 cm³/mol. The van der Waals surface area contributed by atoms with Gasteiger partial charge < -0.3 is 16.8 Å². The number of nitrogens with two attached hydrogens (primary N) is 2. The van der Waals surface area contributed by atoms with Crippen molar-refractivity contribution in [2.24, 2.45) is 0 Å². The van der Waals surface area contributed by atoms with Crippen molar-refractivity contribution in [2.45, 2.75) is 24.3 Å². The van der Waals surface area contributed by atoms with Crippen LogP contribution in [0.15, 0.2) is 35.5 Å². The first-order valence-electron chi connectivity index (χ1n) is 6.38. The van der Waals surface area contributed by atoms with Gasteiger partial charge in [0.25, 0.3) is 0 Å². The summed E-state index contributed by atoms with van der Waals surface area (Å²) in [6.07, 6.45) is 0. The van der Waals surface area contributed by atoms with Gasteiger partial charge in [-0.2, -0.15) is 0 Å². The number of anilines is 3. The normalized spacial score (nSPS) is 11.9. The Balaban J connectivity index is 2.00. The number of hydrogen-bond donors (Lipinski definition) is 3. The number of aryl methyl sites for hydroxylation is 1. The lowest BCUT2D eigenvalue weighted by molar-refractivity contribution is -0.115. The summed E-state index contributed by atoms with van der Waals surface area (Å²) in [4.78, 5) is 20.2. The fourth-order valence-electron chi connectivity index (χ4n) is 1.61. The molecule has 0 fully saturated rings. The van der Waals surface area contributed by atoms with E-state index in [2.05, 4.69) is 15.3 Å². The Morgan fingerprint density at radius 3 is 2.33 bits per heavy atom. The molecule has 0 spiro atoms. The van der Waals surface area contributed by atoms with Crippen LogP contribution in [0.3, 0.4) is 0 Å². The molecule has 21 heavy (non-hydrogen) atoms. The topological polar surface area (TPSA) is 107 Å². The quantitative estimate of drug-likeness (QED) is 0.589. The van der Waals surface area contributed by atoms with Gasteiger partial charge in [0.2, 0.25) is 5.91 Å². The minimum atomic E-state index is -0.368. The van der Waals surface area contributed by atoms with Gasteiger partial charge in [-0.05, 0) is 26.0 Å². The molecule has 0 saturated heterocycles. The van der Waals surface area contributed by atoms with Crippen molar-refractivity contribution >= 4 is 35.0 Å². The van der Waals surface area contributed by atoms with E-state index in [1.807, 2.05) is 31.2 Å². The van der Waals surface area contributed by atoms with Gasteiger partial charge in [0.15, 0.2) is 5.16 Å². The van der Waals surface area contributed by atoms with Crippen LogP contribution in [0.1, 0.15) is 12.5 Å². The summed E-state index contributed by atoms with van der Waals surface area (Å²) in [5.41, 5.74) is 13.1. The van der Waals surface area contributed by atoms with Crippen LogP contribution < -0.4 is 16.8 Å². The number of nitrogens with one attached hydrogen (secondary N) is 1. The number of nitrogen functional groups attached to an aromatic ring is 2. The second-order valence-corrected chi connectivity index (χ2v) is 5.92.